The Kier molecular flexibility index (Phi) is 5.17. The van der Waals surface area contributed by atoms with Gasteiger partial charge in [0.2, 0.25) is 0 Å². The van der Waals surface area contributed by atoms with Gasteiger partial charge in [-0.2, -0.15) is 0 Å². The number of aryl methyl sites for hydroxylation is 1. The highest BCUT2D eigenvalue weighted by atomic mass is 32.1. The summed E-state index contributed by atoms with van der Waals surface area (Å²) in [5.41, 5.74) is 1.35. The van der Waals surface area contributed by atoms with Crippen LogP contribution >= 0.6 is 11.3 Å². The average molecular weight is 308 g/mol. The Hall–Kier alpha value is -0.610. The van der Waals surface area contributed by atoms with E-state index < -0.39 is 0 Å². The van der Waals surface area contributed by atoms with E-state index in [1.165, 1.54) is 60.8 Å². The molecule has 21 heavy (non-hydrogen) atoms. The van der Waals surface area contributed by atoms with Gasteiger partial charge in [0, 0.05) is 30.6 Å². The molecule has 0 unspecified atom stereocenters. The molecule has 1 N–H and O–H groups in total. The standard InChI is InChI=1S/C17H29N3S/c1-3-6-15-16(11-18-14-9-10-14)21-17(19-15)20(4-2)12-13-7-5-8-13/h13-14,18H,3-12H2,1-2H3. The molecule has 4 heteroatoms. The molecule has 0 aromatic carbocycles. The highest BCUT2D eigenvalue weighted by Gasteiger charge is 2.24. The smallest absolute Gasteiger partial charge is 0.185 e. The average Bonchev–Trinajstić information content (AvgIpc) is 3.18. The van der Waals surface area contributed by atoms with E-state index in [0.717, 1.165) is 31.5 Å². The van der Waals surface area contributed by atoms with Crippen LogP contribution in [0.3, 0.4) is 0 Å². The van der Waals surface area contributed by atoms with Gasteiger partial charge >= 0.3 is 0 Å². The maximum atomic E-state index is 4.99. The van der Waals surface area contributed by atoms with E-state index in [1.807, 2.05) is 11.3 Å². The van der Waals surface area contributed by atoms with Gasteiger partial charge < -0.3 is 10.2 Å². The molecular formula is C17H29N3S. The van der Waals surface area contributed by atoms with Crippen molar-refractivity contribution in [2.45, 2.75) is 71.4 Å². The fourth-order valence-electron chi connectivity index (χ4n) is 2.93. The molecule has 2 aliphatic carbocycles. The maximum absolute atomic E-state index is 4.99. The van der Waals surface area contributed by atoms with Crippen LogP contribution in [0, 0.1) is 5.92 Å². The zero-order chi connectivity index (χ0) is 14.7. The largest absolute Gasteiger partial charge is 0.348 e. The third-order valence-corrected chi connectivity index (χ3v) is 5.90. The molecule has 2 fully saturated rings. The third-order valence-electron chi connectivity index (χ3n) is 4.74. The lowest BCUT2D eigenvalue weighted by atomic mass is 9.85. The monoisotopic (exact) mass is 307 g/mol. The summed E-state index contributed by atoms with van der Waals surface area (Å²) in [4.78, 5) is 8.97. The number of rotatable bonds is 9. The Morgan fingerprint density at radius 1 is 1.24 bits per heavy atom. The highest BCUT2D eigenvalue weighted by molar-refractivity contribution is 7.15. The molecular weight excluding hydrogens is 278 g/mol. The predicted octanol–water partition coefficient (Wildman–Crippen LogP) is 3.97. The molecule has 0 atom stereocenters. The molecule has 118 valence electrons. The van der Waals surface area contributed by atoms with Crippen molar-refractivity contribution in [1.82, 2.24) is 10.3 Å². The molecule has 1 aromatic heterocycles. The Bertz CT molecular complexity index is 449. The lowest BCUT2D eigenvalue weighted by molar-refractivity contribution is 0.318. The number of hydrogen-bond donors (Lipinski definition) is 1. The van der Waals surface area contributed by atoms with Crippen LogP contribution in [-0.2, 0) is 13.0 Å². The number of anilines is 1. The SMILES string of the molecule is CCCc1nc(N(CC)CC2CCC2)sc1CNC1CC1. The minimum absolute atomic E-state index is 0.780. The van der Waals surface area contributed by atoms with E-state index in [0.29, 0.717) is 0 Å². The molecule has 0 radical (unpaired) electrons. The normalized spacial score (nSPS) is 18.8. The zero-order valence-electron chi connectivity index (χ0n) is 13.5. The molecule has 0 saturated heterocycles. The van der Waals surface area contributed by atoms with Gasteiger partial charge in [0.1, 0.15) is 0 Å². The molecule has 3 rings (SSSR count). The molecule has 2 aliphatic rings. The molecule has 2 saturated carbocycles. The number of hydrogen-bond acceptors (Lipinski definition) is 4. The van der Waals surface area contributed by atoms with E-state index in [2.05, 4.69) is 24.1 Å². The summed E-state index contributed by atoms with van der Waals surface area (Å²) in [7, 11) is 0. The van der Waals surface area contributed by atoms with E-state index in [4.69, 9.17) is 4.98 Å². The van der Waals surface area contributed by atoms with Crippen molar-refractivity contribution in [3.8, 4) is 0 Å². The van der Waals surface area contributed by atoms with Crippen molar-refractivity contribution < 1.29 is 0 Å². The van der Waals surface area contributed by atoms with Gasteiger partial charge in [0.25, 0.3) is 0 Å². The van der Waals surface area contributed by atoms with Gasteiger partial charge in [-0.05, 0) is 44.9 Å². The number of nitrogens with one attached hydrogen (secondary N) is 1. The second-order valence-corrected chi connectivity index (χ2v) is 7.67. The topological polar surface area (TPSA) is 28.2 Å². The molecule has 1 aromatic rings. The number of thiazole rings is 1. The van der Waals surface area contributed by atoms with Crippen molar-refractivity contribution >= 4 is 16.5 Å². The summed E-state index contributed by atoms with van der Waals surface area (Å²) in [5.74, 6) is 0.913. The van der Waals surface area contributed by atoms with Crippen LogP contribution in [0.15, 0.2) is 0 Å². The Balaban J connectivity index is 1.67. The number of nitrogens with zero attached hydrogens (tertiary/aromatic N) is 2. The van der Waals surface area contributed by atoms with Crippen LogP contribution in [-0.4, -0.2) is 24.1 Å². The Labute approximate surface area is 133 Å². The first-order valence-corrected chi connectivity index (χ1v) is 9.58. The summed E-state index contributed by atoms with van der Waals surface area (Å²) in [6, 6.07) is 0.780. The zero-order valence-corrected chi connectivity index (χ0v) is 14.3. The molecule has 0 aliphatic heterocycles. The Morgan fingerprint density at radius 2 is 2.05 bits per heavy atom. The second-order valence-electron chi connectivity index (χ2n) is 6.61. The predicted molar refractivity (Wildman–Crippen MR) is 91.2 cm³/mol. The summed E-state index contributed by atoms with van der Waals surface area (Å²) < 4.78 is 0. The van der Waals surface area contributed by atoms with Crippen LogP contribution in [0.2, 0.25) is 0 Å². The van der Waals surface area contributed by atoms with Crippen LogP contribution in [0.25, 0.3) is 0 Å². The second kappa shape index (κ2) is 7.10. The van der Waals surface area contributed by atoms with Crippen molar-refractivity contribution in [3.05, 3.63) is 10.6 Å². The van der Waals surface area contributed by atoms with E-state index in [1.54, 1.807) is 0 Å². The van der Waals surface area contributed by atoms with E-state index >= 15 is 0 Å². The molecule has 0 amide bonds. The maximum Gasteiger partial charge on any atom is 0.185 e. The fraction of sp³-hybridized carbons (Fsp3) is 0.824. The molecule has 0 bridgehead atoms. The Morgan fingerprint density at radius 3 is 2.62 bits per heavy atom. The third kappa shape index (κ3) is 3.98. The lowest BCUT2D eigenvalue weighted by Gasteiger charge is -2.31. The van der Waals surface area contributed by atoms with Gasteiger partial charge in [-0.15, -0.1) is 11.3 Å². The lowest BCUT2D eigenvalue weighted by Crippen LogP contribution is -2.32. The molecule has 0 spiro atoms. The van der Waals surface area contributed by atoms with Gasteiger partial charge in [-0.25, -0.2) is 4.98 Å². The van der Waals surface area contributed by atoms with Crippen LogP contribution in [0.5, 0.6) is 0 Å². The first kappa shape index (κ1) is 15.3. The fourth-order valence-corrected chi connectivity index (χ4v) is 4.06. The quantitative estimate of drug-likeness (QED) is 0.748. The number of aromatic nitrogens is 1. The highest BCUT2D eigenvalue weighted by Crippen LogP contribution is 2.32. The van der Waals surface area contributed by atoms with Gasteiger partial charge in [-0.1, -0.05) is 19.8 Å². The van der Waals surface area contributed by atoms with Gasteiger partial charge in [-0.3, -0.25) is 0 Å². The van der Waals surface area contributed by atoms with E-state index in [9.17, 15) is 0 Å². The first-order valence-electron chi connectivity index (χ1n) is 8.77. The summed E-state index contributed by atoms with van der Waals surface area (Å²) in [5, 5.41) is 4.92. The van der Waals surface area contributed by atoms with Crippen molar-refractivity contribution in [1.29, 1.82) is 0 Å². The van der Waals surface area contributed by atoms with Crippen LogP contribution in [0.4, 0.5) is 5.13 Å². The van der Waals surface area contributed by atoms with Crippen molar-refractivity contribution in [2.24, 2.45) is 5.92 Å². The van der Waals surface area contributed by atoms with E-state index in [-0.39, 0.29) is 0 Å². The van der Waals surface area contributed by atoms with Gasteiger partial charge in [0.05, 0.1) is 5.69 Å². The summed E-state index contributed by atoms with van der Waals surface area (Å²) in [6.07, 6.45) is 9.29. The van der Waals surface area contributed by atoms with Crippen molar-refractivity contribution in [3.63, 3.8) is 0 Å². The van der Waals surface area contributed by atoms with Gasteiger partial charge in [0.15, 0.2) is 5.13 Å². The van der Waals surface area contributed by atoms with Crippen molar-refractivity contribution in [2.75, 3.05) is 18.0 Å². The molecule has 1 heterocycles. The van der Waals surface area contributed by atoms with Crippen LogP contribution in [0.1, 0.15) is 62.9 Å². The summed E-state index contributed by atoms with van der Waals surface area (Å²) >= 11 is 1.93. The first-order chi connectivity index (χ1) is 10.3. The minimum atomic E-state index is 0.780. The van der Waals surface area contributed by atoms with Crippen LogP contribution < -0.4 is 10.2 Å². The molecule has 3 nitrogen and oxygen atoms in total. The minimum Gasteiger partial charge on any atom is -0.348 e. The summed E-state index contributed by atoms with van der Waals surface area (Å²) in [6.45, 7) is 7.85.